The number of hydrogen-bond donors (Lipinski definition) is 1. The number of fused-ring (bicyclic) bond motifs is 1. The van der Waals surface area contributed by atoms with Gasteiger partial charge in [-0.3, -0.25) is 4.40 Å². The predicted molar refractivity (Wildman–Crippen MR) is 84.1 cm³/mol. The Labute approximate surface area is 130 Å². The molecule has 21 heavy (non-hydrogen) atoms. The number of nitrogens with one attached hydrogen (secondary N) is 1. The quantitative estimate of drug-likeness (QED) is 0.885. The summed E-state index contributed by atoms with van der Waals surface area (Å²) in [5, 5.41) is -0.0130. The molecule has 0 fully saturated rings. The fraction of sp³-hybridized carbons (Fsp3) is 0.500. The topological polar surface area (TPSA) is 63.5 Å². The molecule has 116 valence electrons. The van der Waals surface area contributed by atoms with Gasteiger partial charge in [0.15, 0.2) is 10.2 Å². The summed E-state index contributed by atoms with van der Waals surface area (Å²) in [6.45, 7) is 6.09. The Morgan fingerprint density at radius 2 is 2.00 bits per heavy atom. The van der Waals surface area contributed by atoms with Gasteiger partial charge in [0.25, 0.3) is 10.0 Å². The van der Waals surface area contributed by atoms with Gasteiger partial charge in [0.2, 0.25) is 0 Å². The third-order valence-electron chi connectivity index (χ3n) is 3.23. The van der Waals surface area contributed by atoms with Gasteiger partial charge < -0.3 is 0 Å². The van der Waals surface area contributed by atoms with E-state index in [4.69, 9.17) is 11.6 Å². The second kappa shape index (κ2) is 6.34. The molecule has 1 atom stereocenters. The molecule has 0 radical (unpaired) electrons. The highest BCUT2D eigenvalue weighted by Crippen LogP contribution is 2.23. The van der Waals surface area contributed by atoms with Crippen LogP contribution in [0.25, 0.3) is 5.65 Å². The van der Waals surface area contributed by atoms with Gasteiger partial charge in [-0.15, -0.1) is 0 Å². The van der Waals surface area contributed by atoms with Gasteiger partial charge in [-0.1, -0.05) is 31.5 Å². The van der Waals surface area contributed by atoms with E-state index in [2.05, 4.69) is 23.6 Å². The maximum Gasteiger partial charge on any atom is 0.259 e. The molecule has 7 heteroatoms. The Morgan fingerprint density at radius 1 is 1.29 bits per heavy atom. The highest BCUT2D eigenvalue weighted by atomic mass is 35.5. The fourth-order valence-electron chi connectivity index (χ4n) is 2.15. The van der Waals surface area contributed by atoms with Crippen LogP contribution in [0.3, 0.4) is 0 Å². The van der Waals surface area contributed by atoms with Gasteiger partial charge in [0.1, 0.15) is 5.65 Å². The molecule has 5 nitrogen and oxygen atoms in total. The zero-order valence-corrected chi connectivity index (χ0v) is 13.9. The van der Waals surface area contributed by atoms with Crippen molar-refractivity contribution in [1.82, 2.24) is 14.1 Å². The van der Waals surface area contributed by atoms with Crippen LogP contribution < -0.4 is 4.72 Å². The van der Waals surface area contributed by atoms with Gasteiger partial charge in [0, 0.05) is 12.2 Å². The van der Waals surface area contributed by atoms with Crippen molar-refractivity contribution in [3.05, 3.63) is 29.5 Å². The molecule has 0 saturated carbocycles. The first-order chi connectivity index (χ1) is 9.81. The van der Waals surface area contributed by atoms with E-state index in [1.54, 1.807) is 24.4 Å². The second-order valence-corrected chi connectivity index (χ2v) is 7.62. The summed E-state index contributed by atoms with van der Waals surface area (Å²) in [6.07, 6.45) is 3.39. The standard InChI is InChI=1S/C14H20ClN3O2S/c1-10(2)7-8-11(3)17-21(19,20)14-13(15)16-12-6-4-5-9-18(12)14/h4-6,9-11,17H,7-8H2,1-3H3. The van der Waals surface area contributed by atoms with E-state index >= 15 is 0 Å². The number of sulfonamides is 1. The van der Waals surface area contributed by atoms with E-state index in [0.29, 0.717) is 11.6 Å². The van der Waals surface area contributed by atoms with Crippen LogP contribution in [0, 0.1) is 5.92 Å². The molecule has 0 aliphatic heterocycles. The molecule has 1 unspecified atom stereocenters. The van der Waals surface area contributed by atoms with E-state index in [1.165, 1.54) is 4.40 Å². The highest BCUT2D eigenvalue weighted by Gasteiger charge is 2.25. The van der Waals surface area contributed by atoms with Crippen molar-refractivity contribution in [3.8, 4) is 0 Å². The molecule has 0 aromatic carbocycles. The number of imidazole rings is 1. The third-order valence-corrected chi connectivity index (χ3v) is 5.22. The highest BCUT2D eigenvalue weighted by molar-refractivity contribution is 7.89. The molecular weight excluding hydrogens is 310 g/mol. The smallest absolute Gasteiger partial charge is 0.259 e. The van der Waals surface area contributed by atoms with Gasteiger partial charge in [-0.2, -0.15) is 0 Å². The lowest BCUT2D eigenvalue weighted by atomic mass is 10.1. The average Bonchev–Trinajstić information content (AvgIpc) is 2.72. The molecule has 2 aromatic heterocycles. The van der Waals surface area contributed by atoms with Crippen molar-refractivity contribution in [2.45, 2.75) is 44.7 Å². The predicted octanol–water partition coefficient (Wildman–Crippen LogP) is 3.09. The number of halogens is 1. The average molecular weight is 330 g/mol. The summed E-state index contributed by atoms with van der Waals surface area (Å²) in [4.78, 5) is 4.07. The van der Waals surface area contributed by atoms with E-state index in [-0.39, 0.29) is 16.2 Å². The zero-order valence-electron chi connectivity index (χ0n) is 12.4. The molecule has 0 spiro atoms. The number of rotatable bonds is 6. The molecule has 0 amide bonds. The van der Waals surface area contributed by atoms with Crippen molar-refractivity contribution in [3.63, 3.8) is 0 Å². The van der Waals surface area contributed by atoms with Crippen LogP contribution in [0.15, 0.2) is 29.4 Å². The van der Waals surface area contributed by atoms with Gasteiger partial charge in [0.05, 0.1) is 0 Å². The maximum absolute atomic E-state index is 12.5. The Bertz CT molecular complexity index is 725. The molecule has 1 N–H and O–H groups in total. The Kier molecular flexibility index (Phi) is 4.91. The molecule has 0 aliphatic carbocycles. The van der Waals surface area contributed by atoms with Crippen molar-refractivity contribution in [2.75, 3.05) is 0 Å². The van der Waals surface area contributed by atoms with Crippen molar-refractivity contribution >= 4 is 27.3 Å². The summed E-state index contributed by atoms with van der Waals surface area (Å²) in [7, 11) is -3.70. The number of aromatic nitrogens is 2. The van der Waals surface area contributed by atoms with E-state index in [9.17, 15) is 8.42 Å². The first-order valence-electron chi connectivity index (χ1n) is 6.96. The summed E-state index contributed by atoms with van der Waals surface area (Å²) >= 11 is 6.01. The lowest BCUT2D eigenvalue weighted by Crippen LogP contribution is -2.33. The zero-order chi connectivity index (χ0) is 15.6. The van der Waals surface area contributed by atoms with Gasteiger partial charge in [-0.25, -0.2) is 18.1 Å². The minimum absolute atomic E-state index is 0.00355. The van der Waals surface area contributed by atoms with Crippen LogP contribution in [0.5, 0.6) is 0 Å². The largest absolute Gasteiger partial charge is 0.288 e. The Balaban J connectivity index is 2.28. The molecule has 0 bridgehead atoms. The summed E-state index contributed by atoms with van der Waals surface area (Å²) < 4.78 is 29.2. The maximum atomic E-state index is 12.5. The van der Waals surface area contributed by atoms with Crippen LogP contribution in [0.1, 0.15) is 33.6 Å². The first kappa shape index (κ1) is 16.3. The molecule has 2 aromatic rings. The Hall–Kier alpha value is -1.11. The molecule has 2 rings (SSSR count). The van der Waals surface area contributed by atoms with Gasteiger partial charge in [-0.05, 0) is 37.8 Å². The van der Waals surface area contributed by atoms with Crippen molar-refractivity contribution in [1.29, 1.82) is 0 Å². The fourth-order valence-corrected chi connectivity index (χ4v) is 4.07. The number of hydrogen-bond acceptors (Lipinski definition) is 3. The lowest BCUT2D eigenvalue weighted by Gasteiger charge is -2.15. The summed E-state index contributed by atoms with van der Waals surface area (Å²) in [5.74, 6) is 0.538. The minimum atomic E-state index is -3.70. The third kappa shape index (κ3) is 3.75. The SMILES string of the molecule is CC(C)CCC(C)NS(=O)(=O)c1c(Cl)nc2ccccn12. The summed E-state index contributed by atoms with van der Waals surface area (Å²) in [6, 6.07) is 5.09. The van der Waals surface area contributed by atoms with Crippen LogP contribution in [0.4, 0.5) is 0 Å². The molecule has 2 heterocycles. The van der Waals surface area contributed by atoms with E-state index in [0.717, 1.165) is 12.8 Å². The van der Waals surface area contributed by atoms with Gasteiger partial charge >= 0.3 is 0 Å². The second-order valence-electron chi connectivity index (χ2n) is 5.63. The first-order valence-corrected chi connectivity index (χ1v) is 8.82. The molecule has 0 saturated heterocycles. The number of pyridine rings is 1. The van der Waals surface area contributed by atoms with E-state index in [1.807, 2.05) is 6.92 Å². The molecule has 0 aliphatic rings. The monoisotopic (exact) mass is 329 g/mol. The van der Waals surface area contributed by atoms with Crippen LogP contribution >= 0.6 is 11.6 Å². The lowest BCUT2D eigenvalue weighted by molar-refractivity contribution is 0.484. The van der Waals surface area contributed by atoms with Crippen LogP contribution in [-0.4, -0.2) is 23.8 Å². The van der Waals surface area contributed by atoms with Crippen LogP contribution in [-0.2, 0) is 10.0 Å². The van der Waals surface area contributed by atoms with Crippen molar-refractivity contribution < 1.29 is 8.42 Å². The molecular formula is C14H20ClN3O2S. The van der Waals surface area contributed by atoms with E-state index < -0.39 is 10.0 Å². The Morgan fingerprint density at radius 3 is 2.67 bits per heavy atom. The summed E-state index contributed by atoms with van der Waals surface area (Å²) in [5.41, 5.74) is 0.512. The van der Waals surface area contributed by atoms with Crippen LogP contribution in [0.2, 0.25) is 5.15 Å². The normalized spacial score (nSPS) is 14.0. The van der Waals surface area contributed by atoms with Crippen molar-refractivity contribution in [2.24, 2.45) is 5.92 Å². The minimum Gasteiger partial charge on any atom is -0.288 e. The number of nitrogens with zero attached hydrogens (tertiary/aromatic N) is 2.